The van der Waals surface area contributed by atoms with Gasteiger partial charge in [0.15, 0.2) is 29.0 Å². The Morgan fingerprint density at radius 1 is 0.923 bits per heavy atom. The fraction of sp³-hybridized carbons (Fsp3) is 0.278. The lowest BCUT2D eigenvalue weighted by Crippen LogP contribution is -2.34. The summed E-state index contributed by atoms with van der Waals surface area (Å²) in [4.78, 5) is 4.62. The van der Waals surface area contributed by atoms with E-state index in [1.54, 1.807) is 0 Å². The van der Waals surface area contributed by atoms with Gasteiger partial charge >= 0.3 is 0 Å². The minimum absolute atomic E-state index is 0.245. The zero-order chi connectivity index (χ0) is 17.8. The van der Waals surface area contributed by atoms with Crippen LogP contribution in [0.25, 0.3) is 0 Å². The standard InChI is InChI=1S/C18H20N4O4/c19-5-6-20-18(22-13-2-4-15-17(8-13)26-11-24-15)21-9-12-1-3-14-16(7-12)25-10-23-14/h1-4,7-8H,5-6,9-11,19H2,(H2,20,21,22). The maximum absolute atomic E-state index is 5.60. The second-order valence-corrected chi connectivity index (χ2v) is 5.76. The lowest BCUT2D eigenvalue weighted by molar-refractivity contribution is 0.173. The number of ether oxygens (including phenoxy) is 4. The average Bonchev–Trinajstić information content (AvgIpc) is 3.31. The number of anilines is 1. The maximum atomic E-state index is 5.60. The molecular formula is C18H20N4O4. The highest BCUT2D eigenvalue weighted by atomic mass is 16.7. The van der Waals surface area contributed by atoms with Crippen molar-refractivity contribution in [2.75, 3.05) is 32.0 Å². The Morgan fingerprint density at radius 2 is 1.62 bits per heavy atom. The van der Waals surface area contributed by atoms with Crippen LogP contribution in [0.15, 0.2) is 41.4 Å². The largest absolute Gasteiger partial charge is 0.454 e. The Labute approximate surface area is 150 Å². The summed E-state index contributed by atoms with van der Waals surface area (Å²) in [5.74, 6) is 3.59. The average molecular weight is 356 g/mol. The number of nitrogens with one attached hydrogen (secondary N) is 2. The first-order chi connectivity index (χ1) is 12.8. The molecule has 8 heteroatoms. The van der Waals surface area contributed by atoms with Crippen molar-refractivity contribution in [1.29, 1.82) is 0 Å². The van der Waals surface area contributed by atoms with E-state index in [0.29, 0.717) is 31.3 Å². The monoisotopic (exact) mass is 356 g/mol. The number of nitrogens with zero attached hydrogens (tertiary/aromatic N) is 1. The number of benzene rings is 2. The molecular weight excluding hydrogens is 336 g/mol. The van der Waals surface area contributed by atoms with Gasteiger partial charge in [-0.15, -0.1) is 0 Å². The van der Waals surface area contributed by atoms with E-state index < -0.39 is 0 Å². The zero-order valence-electron chi connectivity index (χ0n) is 14.2. The first-order valence-electron chi connectivity index (χ1n) is 8.35. The van der Waals surface area contributed by atoms with Crippen LogP contribution in [-0.2, 0) is 6.54 Å². The molecule has 0 amide bonds. The molecule has 0 aromatic heterocycles. The van der Waals surface area contributed by atoms with Gasteiger partial charge in [-0.2, -0.15) is 0 Å². The van der Waals surface area contributed by atoms with Crippen molar-refractivity contribution in [3.63, 3.8) is 0 Å². The Hall–Kier alpha value is -3.13. The molecule has 0 saturated carbocycles. The molecule has 0 bridgehead atoms. The molecule has 0 unspecified atom stereocenters. The Kier molecular flexibility index (Phi) is 4.65. The third-order valence-electron chi connectivity index (χ3n) is 3.93. The molecule has 4 rings (SSSR count). The Morgan fingerprint density at radius 3 is 2.38 bits per heavy atom. The van der Waals surface area contributed by atoms with Gasteiger partial charge in [0.1, 0.15) is 0 Å². The fourth-order valence-electron chi connectivity index (χ4n) is 2.65. The first kappa shape index (κ1) is 16.3. The van der Waals surface area contributed by atoms with Crippen LogP contribution in [0.3, 0.4) is 0 Å². The Bertz CT molecular complexity index is 825. The van der Waals surface area contributed by atoms with Crippen LogP contribution in [0.2, 0.25) is 0 Å². The van der Waals surface area contributed by atoms with Crippen LogP contribution in [0.1, 0.15) is 5.56 Å². The second-order valence-electron chi connectivity index (χ2n) is 5.76. The van der Waals surface area contributed by atoms with E-state index in [9.17, 15) is 0 Å². The van der Waals surface area contributed by atoms with Gasteiger partial charge in [-0.1, -0.05) is 6.07 Å². The molecule has 0 aliphatic carbocycles. The zero-order valence-corrected chi connectivity index (χ0v) is 14.2. The highest BCUT2D eigenvalue weighted by Gasteiger charge is 2.14. The number of guanidine groups is 1. The summed E-state index contributed by atoms with van der Waals surface area (Å²) in [7, 11) is 0. The molecule has 0 radical (unpaired) electrons. The van der Waals surface area contributed by atoms with Crippen molar-refractivity contribution in [3.8, 4) is 23.0 Å². The van der Waals surface area contributed by atoms with Crippen molar-refractivity contribution in [3.05, 3.63) is 42.0 Å². The number of aliphatic imine (C=N–C) groups is 1. The molecule has 4 N–H and O–H groups in total. The second kappa shape index (κ2) is 7.40. The lowest BCUT2D eigenvalue weighted by atomic mass is 10.2. The number of hydrogen-bond donors (Lipinski definition) is 3. The molecule has 0 atom stereocenters. The normalized spacial score (nSPS) is 14.4. The number of nitrogens with two attached hydrogens (primary N) is 1. The van der Waals surface area contributed by atoms with Crippen molar-refractivity contribution in [1.82, 2.24) is 5.32 Å². The van der Waals surface area contributed by atoms with Gasteiger partial charge in [0.05, 0.1) is 6.54 Å². The van der Waals surface area contributed by atoms with Crippen LogP contribution in [-0.4, -0.2) is 32.6 Å². The summed E-state index contributed by atoms with van der Waals surface area (Å²) < 4.78 is 21.5. The molecule has 2 aromatic rings. The van der Waals surface area contributed by atoms with E-state index in [-0.39, 0.29) is 13.6 Å². The molecule has 0 saturated heterocycles. The Balaban J connectivity index is 1.47. The van der Waals surface area contributed by atoms with Crippen LogP contribution >= 0.6 is 0 Å². The summed E-state index contributed by atoms with van der Waals surface area (Å²) in [6.45, 7) is 2.11. The highest BCUT2D eigenvalue weighted by Crippen LogP contribution is 2.34. The number of hydrogen-bond acceptors (Lipinski definition) is 6. The van der Waals surface area contributed by atoms with E-state index in [0.717, 1.165) is 28.5 Å². The van der Waals surface area contributed by atoms with Gasteiger partial charge in [-0.05, 0) is 29.8 Å². The summed E-state index contributed by atoms with van der Waals surface area (Å²) >= 11 is 0. The van der Waals surface area contributed by atoms with E-state index >= 15 is 0 Å². The highest BCUT2D eigenvalue weighted by molar-refractivity contribution is 5.94. The van der Waals surface area contributed by atoms with Gasteiger partial charge in [-0.3, -0.25) is 0 Å². The van der Waals surface area contributed by atoms with Crippen LogP contribution in [0.5, 0.6) is 23.0 Å². The van der Waals surface area contributed by atoms with E-state index in [1.807, 2.05) is 36.4 Å². The van der Waals surface area contributed by atoms with Crippen molar-refractivity contribution < 1.29 is 18.9 Å². The van der Waals surface area contributed by atoms with Crippen LogP contribution in [0, 0.1) is 0 Å². The van der Waals surface area contributed by atoms with Crippen LogP contribution in [0.4, 0.5) is 5.69 Å². The van der Waals surface area contributed by atoms with Crippen LogP contribution < -0.4 is 35.3 Å². The predicted molar refractivity (Wildman–Crippen MR) is 96.9 cm³/mol. The van der Waals surface area contributed by atoms with Gasteiger partial charge in [0, 0.05) is 24.8 Å². The number of fused-ring (bicyclic) bond motifs is 2. The van der Waals surface area contributed by atoms with Gasteiger partial charge in [0.2, 0.25) is 13.6 Å². The molecule has 2 aliphatic heterocycles. The minimum Gasteiger partial charge on any atom is -0.454 e. The smallest absolute Gasteiger partial charge is 0.231 e. The molecule has 2 heterocycles. The van der Waals surface area contributed by atoms with Crippen molar-refractivity contribution in [2.45, 2.75) is 6.54 Å². The topological polar surface area (TPSA) is 99.4 Å². The van der Waals surface area contributed by atoms with Crippen molar-refractivity contribution in [2.24, 2.45) is 10.7 Å². The quantitative estimate of drug-likeness (QED) is 0.553. The molecule has 0 fully saturated rings. The SMILES string of the molecule is NCCNC(=NCc1ccc2c(c1)OCO2)Nc1ccc2c(c1)OCO2. The molecule has 0 spiro atoms. The van der Waals surface area contributed by atoms with E-state index in [4.69, 9.17) is 24.7 Å². The molecule has 2 aromatic carbocycles. The number of rotatable bonds is 5. The predicted octanol–water partition coefficient (Wildman–Crippen LogP) is 1.66. The van der Waals surface area contributed by atoms with E-state index in [1.165, 1.54) is 0 Å². The fourth-order valence-corrected chi connectivity index (χ4v) is 2.65. The molecule has 8 nitrogen and oxygen atoms in total. The summed E-state index contributed by atoms with van der Waals surface area (Å²) in [5.41, 5.74) is 7.47. The third kappa shape index (κ3) is 3.60. The van der Waals surface area contributed by atoms with Crippen molar-refractivity contribution >= 4 is 11.6 Å². The first-order valence-corrected chi connectivity index (χ1v) is 8.35. The van der Waals surface area contributed by atoms with E-state index in [2.05, 4.69) is 15.6 Å². The minimum atomic E-state index is 0.245. The summed E-state index contributed by atoms with van der Waals surface area (Å²) in [5, 5.41) is 6.45. The molecule has 136 valence electrons. The third-order valence-corrected chi connectivity index (χ3v) is 3.93. The molecule has 2 aliphatic rings. The summed E-state index contributed by atoms with van der Waals surface area (Å²) in [6.07, 6.45) is 0. The van der Waals surface area contributed by atoms with Gasteiger partial charge in [-0.25, -0.2) is 4.99 Å². The summed E-state index contributed by atoms with van der Waals surface area (Å²) in [6, 6.07) is 11.5. The lowest BCUT2D eigenvalue weighted by Gasteiger charge is -2.12. The molecule has 26 heavy (non-hydrogen) atoms. The van der Waals surface area contributed by atoms with Gasteiger partial charge in [0.25, 0.3) is 0 Å². The maximum Gasteiger partial charge on any atom is 0.231 e. The van der Waals surface area contributed by atoms with Gasteiger partial charge < -0.3 is 35.3 Å².